The molecule has 0 atom stereocenters. The van der Waals surface area contributed by atoms with E-state index in [0.717, 1.165) is 24.7 Å². The summed E-state index contributed by atoms with van der Waals surface area (Å²) in [5.74, 6) is 2.15. The van der Waals surface area contributed by atoms with E-state index in [9.17, 15) is 0 Å². The summed E-state index contributed by atoms with van der Waals surface area (Å²) < 4.78 is 0. The minimum absolute atomic E-state index is 0.0531. The summed E-state index contributed by atoms with van der Waals surface area (Å²) in [6, 6.07) is 48.6. The summed E-state index contributed by atoms with van der Waals surface area (Å²) in [5.41, 5.74) is 22.9. The van der Waals surface area contributed by atoms with E-state index >= 15 is 0 Å². The van der Waals surface area contributed by atoms with E-state index in [1.165, 1.54) is 182 Å². The highest BCUT2D eigenvalue weighted by molar-refractivity contribution is 5.88. The monoisotopic (exact) mass is 814 g/mol. The average molecular weight is 814 g/mol. The van der Waals surface area contributed by atoms with Crippen molar-refractivity contribution in [2.75, 3.05) is 4.90 Å². The third kappa shape index (κ3) is 7.46. The maximum absolute atomic E-state index is 2.63. The van der Waals surface area contributed by atoms with E-state index in [1.807, 2.05) is 0 Å². The van der Waals surface area contributed by atoms with Crippen molar-refractivity contribution in [2.45, 2.75) is 159 Å². The zero-order valence-corrected chi connectivity index (χ0v) is 37.7. The summed E-state index contributed by atoms with van der Waals surface area (Å²) in [6.45, 7) is 4.83. The van der Waals surface area contributed by atoms with Gasteiger partial charge in [0.2, 0.25) is 0 Å². The van der Waals surface area contributed by atoms with Crippen LogP contribution < -0.4 is 4.90 Å². The molecule has 11 rings (SSSR count). The van der Waals surface area contributed by atoms with Crippen LogP contribution in [0, 0.1) is 0 Å². The number of benzene rings is 6. The molecule has 0 spiro atoms. The van der Waals surface area contributed by atoms with Gasteiger partial charge in [-0.2, -0.15) is 0 Å². The van der Waals surface area contributed by atoms with Crippen LogP contribution in [-0.4, -0.2) is 0 Å². The van der Waals surface area contributed by atoms with Gasteiger partial charge in [0.1, 0.15) is 0 Å². The van der Waals surface area contributed by atoms with Crippen LogP contribution in [0.15, 0.2) is 121 Å². The second kappa shape index (κ2) is 17.0. The second-order valence-electron chi connectivity index (χ2n) is 20.6. The first kappa shape index (κ1) is 39.9. The van der Waals surface area contributed by atoms with Crippen molar-refractivity contribution in [3.05, 3.63) is 160 Å². The van der Waals surface area contributed by atoms with Gasteiger partial charge in [-0.1, -0.05) is 163 Å². The number of hydrogen-bond acceptors (Lipinski definition) is 1. The van der Waals surface area contributed by atoms with Crippen molar-refractivity contribution < 1.29 is 0 Å². The Bertz CT molecular complexity index is 2500. The summed E-state index contributed by atoms with van der Waals surface area (Å²) >= 11 is 0. The van der Waals surface area contributed by atoms with Gasteiger partial charge in [-0.25, -0.2) is 0 Å². The molecule has 0 radical (unpaired) electrons. The van der Waals surface area contributed by atoms with Gasteiger partial charge in [0.25, 0.3) is 0 Å². The second-order valence-corrected chi connectivity index (χ2v) is 20.6. The Hall–Kier alpha value is -4.88. The predicted molar refractivity (Wildman–Crippen MR) is 264 cm³/mol. The van der Waals surface area contributed by atoms with E-state index in [2.05, 4.69) is 140 Å². The quantitative estimate of drug-likeness (QED) is 0.148. The molecule has 62 heavy (non-hydrogen) atoms. The minimum Gasteiger partial charge on any atom is -0.310 e. The van der Waals surface area contributed by atoms with Crippen LogP contribution in [0.25, 0.3) is 33.4 Å². The molecule has 0 unspecified atom stereocenters. The first-order valence-electron chi connectivity index (χ1n) is 25.0. The lowest BCUT2D eigenvalue weighted by atomic mass is 9.78. The van der Waals surface area contributed by atoms with Gasteiger partial charge >= 0.3 is 0 Å². The Morgan fingerprint density at radius 2 is 0.919 bits per heavy atom. The molecule has 316 valence electrons. The molecule has 0 N–H and O–H groups in total. The van der Waals surface area contributed by atoms with Crippen molar-refractivity contribution >= 4 is 17.1 Å². The molecule has 0 aromatic heterocycles. The molecule has 0 bridgehead atoms. The number of hydrogen-bond donors (Lipinski definition) is 0. The van der Waals surface area contributed by atoms with Gasteiger partial charge in [-0.15, -0.1) is 0 Å². The van der Waals surface area contributed by atoms with Crippen LogP contribution in [0.4, 0.5) is 17.1 Å². The molecule has 3 fully saturated rings. The first-order valence-corrected chi connectivity index (χ1v) is 25.0. The van der Waals surface area contributed by atoms with Crippen LogP contribution in [-0.2, 0) is 18.3 Å². The smallest absolute Gasteiger partial charge is 0.0496 e. The van der Waals surface area contributed by atoms with Crippen LogP contribution in [0.1, 0.15) is 180 Å². The van der Waals surface area contributed by atoms with E-state index in [4.69, 9.17) is 0 Å². The normalized spacial score (nSPS) is 19.1. The van der Waals surface area contributed by atoms with Gasteiger partial charge < -0.3 is 4.90 Å². The lowest BCUT2D eigenvalue weighted by molar-refractivity contribution is 0.435. The average Bonchev–Trinajstić information content (AvgIpc) is 3.57. The minimum atomic E-state index is -0.0531. The Labute approximate surface area is 373 Å². The van der Waals surface area contributed by atoms with Gasteiger partial charge in [-0.05, 0) is 185 Å². The fraction of sp³-hybridized carbons (Fsp3) is 0.410. The van der Waals surface area contributed by atoms with Crippen molar-refractivity contribution in [1.29, 1.82) is 0 Å². The predicted octanol–water partition coefficient (Wildman–Crippen LogP) is 17.8. The topological polar surface area (TPSA) is 3.24 Å². The summed E-state index contributed by atoms with van der Waals surface area (Å²) in [7, 11) is 0. The maximum Gasteiger partial charge on any atom is 0.0496 e. The molecule has 6 aromatic rings. The molecular formula is C61H67N. The molecule has 0 amide bonds. The number of rotatable bonds is 8. The number of fused-ring (bicyclic) bond motifs is 4. The molecule has 0 heterocycles. The van der Waals surface area contributed by atoms with E-state index in [1.54, 1.807) is 16.7 Å². The molecule has 5 aliphatic carbocycles. The van der Waals surface area contributed by atoms with Crippen LogP contribution in [0.3, 0.4) is 0 Å². The number of anilines is 3. The van der Waals surface area contributed by atoms with Crippen molar-refractivity contribution in [3.8, 4) is 33.4 Å². The Kier molecular flexibility index (Phi) is 11.0. The fourth-order valence-corrected chi connectivity index (χ4v) is 12.9. The van der Waals surface area contributed by atoms with Gasteiger partial charge in [0.15, 0.2) is 0 Å². The highest BCUT2D eigenvalue weighted by Gasteiger charge is 2.36. The molecule has 6 aromatic carbocycles. The third-order valence-electron chi connectivity index (χ3n) is 16.5. The molecule has 0 aliphatic heterocycles. The van der Waals surface area contributed by atoms with E-state index < -0.39 is 0 Å². The van der Waals surface area contributed by atoms with Crippen molar-refractivity contribution in [1.82, 2.24) is 0 Å². The summed E-state index contributed by atoms with van der Waals surface area (Å²) in [5, 5.41) is 0. The molecule has 1 heteroatoms. The highest BCUT2D eigenvalue weighted by Crippen LogP contribution is 2.52. The maximum atomic E-state index is 2.63. The van der Waals surface area contributed by atoms with Crippen LogP contribution in [0.5, 0.6) is 0 Å². The SMILES string of the molecule is CC1(C)c2ccccc2-c2ccc(N(c3ccc(C4CCCCC4)cc3)c3ccc(-c4ccc(-c5cc(C6CCCCC6)cc(C6CCCCC6)c5)cc4)c4c3CCCC4)cc21. The largest absolute Gasteiger partial charge is 0.310 e. The lowest BCUT2D eigenvalue weighted by Crippen LogP contribution is -2.18. The Morgan fingerprint density at radius 1 is 0.387 bits per heavy atom. The Morgan fingerprint density at radius 3 is 1.56 bits per heavy atom. The fourth-order valence-electron chi connectivity index (χ4n) is 12.9. The molecule has 0 saturated heterocycles. The van der Waals surface area contributed by atoms with Gasteiger partial charge in [-0.3, -0.25) is 0 Å². The van der Waals surface area contributed by atoms with E-state index in [0.29, 0.717) is 5.92 Å². The molecular weight excluding hydrogens is 747 g/mol. The first-order chi connectivity index (χ1) is 30.5. The van der Waals surface area contributed by atoms with Crippen molar-refractivity contribution in [2.24, 2.45) is 0 Å². The lowest BCUT2D eigenvalue weighted by Gasteiger charge is -2.33. The van der Waals surface area contributed by atoms with Gasteiger partial charge in [0.05, 0.1) is 0 Å². The summed E-state index contributed by atoms with van der Waals surface area (Å²) in [4.78, 5) is 2.62. The van der Waals surface area contributed by atoms with E-state index in [-0.39, 0.29) is 5.41 Å². The van der Waals surface area contributed by atoms with Crippen molar-refractivity contribution in [3.63, 3.8) is 0 Å². The zero-order chi connectivity index (χ0) is 41.6. The highest BCUT2D eigenvalue weighted by atomic mass is 15.1. The number of nitrogens with zero attached hydrogens (tertiary/aromatic N) is 1. The molecule has 5 aliphatic rings. The standard InChI is InChI=1S/C61H67N/c1-61(2)58-25-15-14-23-55(58)56-35-34-52(41-59(56)61)62(51-32-30-45(31-33-51)42-16-6-3-7-17-42)60-37-36-53(54-22-12-13-24-57(54)60)47-28-26-46(27-29-47)50-39-48(43-18-8-4-9-19-43)38-49(40-50)44-20-10-5-11-21-44/h14-15,23,25-44H,3-13,16-22,24H2,1-2H3. The Balaban J connectivity index is 0.975. The van der Waals surface area contributed by atoms with Crippen LogP contribution >= 0.6 is 0 Å². The zero-order valence-electron chi connectivity index (χ0n) is 37.7. The molecule has 3 saturated carbocycles. The molecule has 1 nitrogen and oxygen atoms in total. The third-order valence-corrected chi connectivity index (χ3v) is 16.5. The van der Waals surface area contributed by atoms with Crippen LogP contribution in [0.2, 0.25) is 0 Å². The summed E-state index contributed by atoms with van der Waals surface area (Å²) in [6.07, 6.45) is 25.3. The van der Waals surface area contributed by atoms with Gasteiger partial charge in [0, 0.05) is 22.5 Å².